The molecule has 6 heteroatoms. The first kappa shape index (κ1) is 11.7. The van der Waals surface area contributed by atoms with Gasteiger partial charge in [0.15, 0.2) is 0 Å². The van der Waals surface area contributed by atoms with Crippen molar-refractivity contribution in [2.45, 2.75) is 6.54 Å². The zero-order valence-electron chi connectivity index (χ0n) is 8.15. The van der Waals surface area contributed by atoms with Gasteiger partial charge in [-0.15, -0.1) is 11.3 Å². The first-order valence-electron chi connectivity index (χ1n) is 4.22. The second-order valence-electron chi connectivity index (χ2n) is 2.76. The molecule has 0 fully saturated rings. The van der Waals surface area contributed by atoms with Crippen LogP contribution in [0, 0.1) is 0 Å². The standard InChI is InChI=1S/C9H11NO4S/c1-14-7(11)5-10-4-6-2-3-15-8(6)9(12)13/h2-3,10H,4-5H2,1H3,(H,12,13). The van der Waals surface area contributed by atoms with Crippen molar-refractivity contribution in [1.29, 1.82) is 0 Å². The third-order valence-corrected chi connectivity index (χ3v) is 2.70. The normalized spacial score (nSPS) is 9.93. The number of carboxylic acids is 1. The van der Waals surface area contributed by atoms with Crippen molar-refractivity contribution in [2.24, 2.45) is 0 Å². The first-order chi connectivity index (χ1) is 7.15. The molecule has 0 aromatic carbocycles. The van der Waals surface area contributed by atoms with Gasteiger partial charge < -0.3 is 15.2 Å². The molecule has 0 bridgehead atoms. The smallest absolute Gasteiger partial charge is 0.346 e. The molecule has 1 rings (SSSR count). The molecule has 0 amide bonds. The van der Waals surface area contributed by atoms with Crippen LogP contribution in [0.5, 0.6) is 0 Å². The zero-order chi connectivity index (χ0) is 11.3. The number of carbonyl (C=O) groups is 2. The summed E-state index contributed by atoms with van der Waals surface area (Å²) in [5.74, 6) is -1.32. The molecule has 0 atom stereocenters. The highest BCUT2D eigenvalue weighted by atomic mass is 32.1. The minimum absolute atomic E-state index is 0.0748. The Hall–Kier alpha value is -1.40. The van der Waals surface area contributed by atoms with Gasteiger partial charge in [0.05, 0.1) is 13.7 Å². The number of carboxylic acid groups (broad SMARTS) is 1. The lowest BCUT2D eigenvalue weighted by atomic mass is 10.2. The number of hydrogen-bond donors (Lipinski definition) is 2. The largest absolute Gasteiger partial charge is 0.477 e. The minimum atomic E-state index is -0.945. The van der Waals surface area contributed by atoms with E-state index in [0.29, 0.717) is 17.0 Å². The molecular weight excluding hydrogens is 218 g/mol. The first-order valence-corrected chi connectivity index (χ1v) is 5.10. The summed E-state index contributed by atoms with van der Waals surface area (Å²) >= 11 is 1.17. The Bertz CT molecular complexity index is 361. The number of rotatable bonds is 5. The van der Waals surface area contributed by atoms with E-state index in [2.05, 4.69) is 10.1 Å². The third-order valence-electron chi connectivity index (χ3n) is 1.75. The Balaban J connectivity index is 2.47. The molecule has 1 aromatic heterocycles. The molecule has 0 unspecified atom stereocenters. The average molecular weight is 229 g/mol. The summed E-state index contributed by atoms with van der Waals surface area (Å²) in [5, 5.41) is 13.3. The van der Waals surface area contributed by atoms with E-state index in [1.165, 1.54) is 18.4 Å². The van der Waals surface area contributed by atoms with E-state index in [0.717, 1.165) is 0 Å². The zero-order valence-corrected chi connectivity index (χ0v) is 8.97. The van der Waals surface area contributed by atoms with Crippen LogP contribution in [0.1, 0.15) is 15.2 Å². The van der Waals surface area contributed by atoms with Crippen LogP contribution >= 0.6 is 11.3 Å². The molecule has 1 aromatic rings. The number of aromatic carboxylic acids is 1. The number of methoxy groups -OCH3 is 1. The van der Waals surface area contributed by atoms with Crippen LogP contribution in [0.2, 0.25) is 0 Å². The van der Waals surface area contributed by atoms with Gasteiger partial charge in [-0.25, -0.2) is 4.79 Å². The molecule has 15 heavy (non-hydrogen) atoms. The lowest BCUT2D eigenvalue weighted by Crippen LogP contribution is -2.23. The second kappa shape index (κ2) is 5.47. The van der Waals surface area contributed by atoms with Crippen LogP contribution in [0.15, 0.2) is 11.4 Å². The number of hydrogen-bond acceptors (Lipinski definition) is 5. The van der Waals surface area contributed by atoms with Crippen LogP contribution in [-0.4, -0.2) is 30.7 Å². The van der Waals surface area contributed by atoms with Crippen LogP contribution in [-0.2, 0) is 16.1 Å². The van der Waals surface area contributed by atoms with Crippen molar-refractivity contribution in [3.05, 3.63) is 21.9 Å². The van der Waals surface area contributed by atoms with Gasteiger partial charge in [-0.3, -0.25) is 4.79 Å². The lowest BCUT2D eigenvalue weighted by Gasteiger charge is -2.02. The maximum Gasteiger partial charge on any atom is 0.346 e. The molecule has 0 aliphatic rings. The van der Waals surface area contributed by atoms with Crippen LogP contribution in [0.3, 0.4) is 0 Å². The fraction of sp³-hybridized carbons (Fsp3) is 0.333. The summed E-state index contributed by atoms with van der Waals surface area (Å²) < 4.78 is 4.43. The molecule has 0 aliphatic carbocycles. The summed E-state index contributed by atoms with van der Waals surface area (Å²) in [6.45, 7) is 0.422. The molecule has 0 saturated heterocycles. The van der Waals surface area contributed by atoms with Crippen molar-refractivity contribution in [3.8, 4) is 0 Å². The summed E-state index contributed by atoms with van der Waals surface area (Å²) in [6.07, 6.45) is 0. The van der Waals surface area contributed by atoms with E-state index in [9.17, 15) is 9.59 Å². The highest BCUT2D eigenvalue weighted by molar-refractivity contribution is 7.12. The van der Waals surface area contributed by atoms with Crippen LogP contribution in [0.25, 0.3) is 0 Å². The summed E-state index contributed by atoms with van der Waals surface area (Å²) in [7, 11) is 1.30. The second-order valence-corrected chi connectivity index (χ2v) is 3.68. The number of carbonyl (C=O) groups excluding carboxylic acids is 1. The number of ether oxygens (including phenoxy) is 1. The van der Waals surface area contributed by atoms with Gasteiger partial charge in [-0.2, -0.15) is 0 Å². The molecule has 1 heterocycles. The molecule has 0 saturated carbocycles. The third kappa shape index (κ3) is 3.34. The van der Waals surface area contributed by atoms with Gasteiger partial charge in [0.25, 0.3) is 0 Å². The van der Waals surface area contributed by atoms with Crippen molar-refractivity contribution >= 4 is 23.3 Å². The topological polar surface area (TPSA) is 75.6 Å². The van der Waals surface area contributed by atoms with Crippen molar-refractivity contribution < 1.29 is 19.4 Å². The quantitative estimate of drug-likeness (QED) is 0.727. The monoisotopic (exact) mass is 229 g/mol. The fourth-order valence-corrected chi connectivity index (χ4v) is 1.79. The van der Waals surface area contributed by atoms with Gasteiger partial charge in [0, 0.05) is 6.54 Å². The summed E-state index contributed by atoms with van der Waals surface area (Å²) in [5.41, 5.74) is 0.677. The molecule has 0 radical (unpaired) electrons. The molecule has 2 N–H and O–H groups in total. The van der Waals surface area contributed by atoms with E-state index in [-0.39, 0.29) is 12.5 Å². The number of nitrogens with one attached hydrogen (secondary N) is 1. The fourth-order valence-electron chi connectivity index (χ4n) is 1.03. The molecule has 0 spiro atoms. The molecule has 0 aliphatic heterocycles. The Morgan fingerprint density at radius 3 is 2.93 bits per heavy atom. The number of esters is 1. The molecular formula is C9H11NO4S. The van der Waals surface area contributed by atoms with Gasteiger partial charge in [-0.05, 0) is 17.0 Å². The van der Waals surface area contributed by atoms with Crippen LogP contribution < -0.4 is 5.32 Å². The predicted molar refractivity (Wildman–Crippen MR) is 55.0 cm³/mol. The molecule has 82 valence electrons. The Kier molecular flexibility index (Phi) is 4.26. The van der Waals surface area contributed by atoms with E-state index in [1.807, 2.05) is 0 Å². The average Bonchev–Trinajstić information content (AvgIpc) is 2.65. The Morgan fingerprint density at radius 2 is 2.33 bits per heavy atom. The maximum atomic E-state index is 10.8. The highest BCUT2D eigenvalue weighted by Crippen LogP contribution is 2.16. The van der Waals surface area contributed by atoms with E-state index >= 15 is 0 Å². The van der Waals surface area contributed by atoms with Gasteiger partial charge in [0.1, 0.15) is 4.88 Å². The summed E-state index contributed by atoms with van der Waals surface area (Å²) in [6, 6.07) is 1.72. The van der Waals surface area contributed by atoms with E-state index in [4.69, 9.17) is 5.11 Å². The van der Waals surface area contributed by atoms with Crippen molar-refractivity contribution in [2.75, 3.05) is 13.7 Å². The lowest BCUT2D eigenvalue weighted by molar-refractivity contribution is -0.139. The molecule has 5 nitrogen and oxygen atoms in total. The maximum absolute atomic E-state index is 10.8. The van der Waals surface area contributed by atoms with E-state index < -0.39 is 5.97 Å². The van der Waals surface area contributed by atoms with Crippen molar-refractivity contribution in [1.82, 2.24) is 5.32 Å². The Morgan fingerprint density at radius 1 is 1.60 bits per heavy atom. The summed E-state index contributed by atoms with van der Waals surface area (Å²) in [4.78, 5) is 21.8. The van der Waals surface area contributed by atoms with Gasteiger partial charge >= 0.3 is 11.9 Å². The SMILES string of the molecule is COC(=O)CNCc1ccsc1C(=O)O. The van der Waals surface area contributed by atoms with E-state index in [1.54, 1.807) is 11.4 Å². The van der Waals surface area contributed by atoms with Gasteiger partial charge in [-0.1, -0.05) is 0 Å². The predicted octanol–water partition coefficient (Wildman–Crippen LogP) is 0.709. The van der Waals surface area contributed by atoms with Crippen molar-refractivity contribution in [3.63, 3.8) is 0 Å². The highest BCUT2D eigenvalue weighted by Gasteiger charge is 2.11. The minimum Gasteiger partial charge on any atom is -0.477 e. The number of thiophene rings is 1. The van der Waals surface area contributed by atoms with Gasteiger partial charge in [0.2, 0.25) is 0 Å². The Labute approximate surface area is 90.7 Å². The van der Waals surface area contributed by atoms with Crippen LogP contribution in [0.4, 0.5) is 0 Å².